The van der Waals surface area contributed by atoms with Crippen LogP contribution in [0, 0.1) is 16.0 Å². The van der Waals surface area contributed by atoms with E-state index in [9.17, 15) is 24.8 Å². The van der Waals surface area contributed by atoms with Crippen molar-refractivity contribution >= 4 is 40.5 Å². The minimum absolute atomic E-state index is 0.0508. The predicted octanol–water partition coefficient (Wildman–Crippen LogP) is 4.00. The molecule has 0 bridgehead atoms. The zero-order chi connectivity index (χ0) is 23.3. The molecule has 1 N–H and O–H groups in total. The SMILES string of the molecule is O=C1[C@H]2[C@@H](c3ccc(O)cc3)N(c3ccccc3)O[C@H]2C(=O)N1c1ccc(Cl)c([N+](=O)[O-])c1. The molecule has 0 unspecified atom stereocenters. The molecule has 2 heterocycles. The van der Waals surface area contributed by atoms with Crippen LogP contribution in [0.25, 0.3) is 0 Å². The first-order valence-electron chi connectivity index (χ1n) is 9.98. The topological polar surface area (TPSA) is 113 Å². The first-order valence-corrected chi connectivity index (χ1v) is 10.4. The zero-order valence-corrected chi connectivity index (χ0v) is 17.6. The van der Waals surface area contributed by atoms with Crippen molar-refractivity contribution in [2.75, 3.05) is 9.96 Å². The van der Waals surface area contributed by atoms with Crippen molar-refractivity contribution in [1.82, 2.24) is 0 Å². The molecule has 2 amide bonds. The summed E-state index contributed by atoms with van der Waals surface area (Å²) in [6.07, 6.45) is -1.12. The average molecular weight is 466 g/mol. The van der Waals surface area contributed by atoms with E-state index < -0.39 is 40.5 Å². The lowest BCUT2D eigenvalue weighted by molar-refractivity contribution is -0.384. The summed E-state index contributed by atoms with van der Waals surface area (Å²) in [4.78, 5) is 44.4. The van der Waals surface area contributed by atoms with Crippen molar-refractivity contribution < 1.29 is 24.5 Å². The summed E-state index contributed by atoms with van der Waals surface area (Å²) in [6, 6.07) is 18.5. The maximum Gasteiger partial charge on any atom is 0.289 e. The fourth-order valence-electron chi connectivity index (χ4n) is 4.26. The Balaban J connectivity index is 1.58. The Labute approximate surface area is 192 Å². The Morgan fingerprint density at radius 1 is 0.939 bits per heavy atom. The van der Waals surface area contributed by atoms with Crippen LogP contribution in [0.1, 0.15) is 11.6 Å². The molecule has 5 rings (SSSR count). The van der Waals surface area contributed by atoms with Gasteiger partial charge in [0.15, 0.2) is 6.10 Å². The van der Waals surface area contributed by atoms with Gasteiger partial charge in [0.05, 0.1) is 22.3 Å². The summed E-state index contributed by atoms with van der Waals surface area (Å²) in [5, 5.41) is 22.4. The van der Waals surface area contributed by atoms with E-state index >= 15 is 0 Å². The van der Waals surface area contributed by atoms with Crippen LogP contribution in [-0.4, -0.2) is 27.9 Å². The van der Waals surface area contributed by atoms with Gasteiger partial charge in [-0.2, -0.15) is 0 Å². The van der Waals surface area contributed by atoms with Gasteiger partial charge in [-0.15, -0.1) is 0 Å². The van der Waals surface area contributed by atoms with E-state index in [1.807, 2.05) is 18.2 Å². The van der Waals surface area contributed by atoms with E-state index in [-0.39, 0.29) is 16.5 Å². The Kier molecular flexibility index (Phi) is 4.99. The number of nitro benzene ring substituents is 1. The van der Waals surface area contributed by atoms with Gasteiger partial charge < -0.3 is 5.11 Å². The lowest BCUT2D eigenvalue weighted by Gasteiger charge is -2.28. The minimum atomic E-state index is -1.12. The maximum atomic E-state index is 13.5. The van der Waals surface area contributed by atoms with Crippen molar-refractivity contribution in [2.45, 2.75) is 12.1 Å². The molecule has 0 spiro atoms. The molecule has 0 radical (unpaired) electrons. The molecule has 2 fully saturated rings. The minimum Gasteiger partial charge on any atom is -0.508 e. The molecule has 33 heavy (non-hydrogen) atoms. The van der Waals surface area contributed by atoms with Gasteiger partial charge in [0.1, 0.15) is 16.7 Å². The number of carbonyl (C=O) groups is 2. The van der Waals surface area contributed by atoms with Gasteiger partial charge in [0.2, 0.25) is 5.91 Å². The fraction of sp³-hybridized carbons (Fsp3) is 0.130. The number of rotatable bonds is 4. The third-order valence-corrected chi connectivity index (χ3v) is 6.06. The van der Waals surface area contributed by atoms with E-state index in [0.717, 1.165) is 11.0 Å². The molecule has 3 atom stereocenters. The molecule has 2 aliphatic heterocycles. The summed E-state index contributed by atoms with van der Waals surface area (Å²) in [5.74, 6) is -2.01. The number of anilines is 2. The standard InChI is InChI=1S/C23H16ClN3O6/c24-17-11-8-15(12-18(17)27(31)32)25-22(29)19-20(13-6-9-16(28)10-7-13)26(33-21(19)23(25)30)14-4-2-1-3-5-14/h1-12,19-21,28H/t19-,20+,21+/m0/s1. The molecule has 2 saturated heterocycles. The van der Waals surface area contributed by atoms with E-state index in [4.69, 9.17) is 16.4 Å². The third-order valence-electron chi connectivity index (χ3n) is 5.75. The molecular formula is C23H16ClN3O6. The number of phenolic OH excluding ortho intramolecular Hbond substituents is 1. The number of halogens is 1. The summed E-state index contributed by atoms with van der Waals surface area (Å²) in [6.45, 7) is 0. The van der Waals surface area contributed by atoms with Crippen LogP contribution in [0.2, 0.25) is 5.02 Å². The maximum absolute atomic E-state index is 13.5. The number of phenols is 1. The number of hydrogen-bond acceptors (Lipinski definition) is 7. The normalized spacial score (nSPS) is 22.0. The van der Waals surface area contributed by atoms with Gasteiger partial charge in [-0.05, 0) is 42.0 Å². The molecule has 2 aliphatic rings. The highest BCUT2D eigenvalue weighted by atomic mass is 35.5. The van der Waals surface area contributed by atoms with Crippen LogP contribution < -0.4 is 9.96 Å². The number of benzene rings is 3. The summed E-state index contributed by atoms with van der Waals surface area (Å²) in [7, 11) is 0. The molecule has 166 valence electrons. The largest absolute Gasteiger partial charge is 0.508 e. The average Bonchev–Trinajstić information content (AvgIpc) is 3.31. The van der Waals surface area contributed by atoms with Gasteiger partial charge in [-0.1, -0.05) is 41.9 Å². The van der Waals surface area contributed by atoms with E-state index in [1.165, 1.54) is 29.3 Å². The monoisotopic (exact) mass is 465 g/mol. The second-order valence-corrected chi connectivity index (χ2v) is 8.06. The van der Waals surface area contributed by atoms with Crippen molar-refractivity contribution in [3.05, 3.63) is 93.5 Å². The van der Waals surface area contributed by atoms with Gasteiger partial charge in [0.25, 0.3) is 11.6 Å². The number of carbonyl (C=O) groups excluding carboxylic acids is 2. The van der Waals surface area contributed by atoms with E-state index in [2.05, 4.69) is 0 Å². The molecular weight excluding hydrogens is 450 g/mol. The van der Waals surface area contributed by atoms with Crippen LogP contribution >= 0.6 is 11.6 Å². The Bertz CT molecular complexity index is 1270. The number of fused-ring (bicyclic) bond motifs is 1. The van der Waals surface area contributed by atoms with Crippen LogP contribution in [0.5, 0.6) is 5.75 Å². The number of nitrogens with zero attached hydrogens (tertiary/aromatic N) is 3. The highest BCUT2D eigenvalue weighted by Crippen LogP contribution is 2.48. The summed E-state index contributed by atoms with van der Waals surface area (Å²) < 4.78 is 0. The predicted molar refractivity (Wildman–Crippen MR) is 119 cm³/mol. The molecule has 10 heteroatoms. The second kappa shape index (κ2) is 7.88. The van der Waals surface area contributed by atoms with Gasteiger partial charge in [-0.3, -0.25) is 24.5 Å². The highest BCUT2D eigenvalue weighted by Gasteiger charge is 2.60. The van der Waals surface area contributed by atoms with E-state index in [0.29, 0.717) is 11.3 Å². The number of para-hydroxylation sites is 1. The molecule has 0 saturated carbocycles. The Morgan fingerprint density at radius 2 is 1.64 bits per heavy atom. The van der Waals surface area contributed by atoms with Gasteiger partial charge in [-0.25, -0.2) is 9.96 Å². The number of nitro groups is 1. The molecule has 0 aliphatic carbocycles. The molecule has 3 aromatic carbocycles. The van der Waals surface area contributed by atoms with Crippen molar-refractivity contribution in [1.29, 1.82) is 0 Å². The number of aromatic hydroxyl groups is 1. The first-order chi connectivity index (χ1) is 15.9. The van der Waals surface area contributed by atoms with Crippen molar-refractivity contribution in [3.63, 3.8) is 0 Å². The second-order valence-electron chi connectivity index (χ2n) is 7.65. The van der Waals surface area contributed by atoms with Gasteiger partial charge >= 0.3 is 0 Å². The number of imide groups is 1. The fourth-order valence-corrected chi connectivity index (χ4v) is 4.44. The first kappa shape index (κ1) is 20.9. The van der Waals surface area contributed by atoms with Crippen LogP contribution in [0.3, 0.4) is 0 Å². The zero-order valence-electron chi connectivity index (χ0n) is 16.9. The lowest BCUT2D eigenvalue weighted by Crippen LogP contribution is -2.37. The third kappa shape index (κ3) is 3.38. The van der Waals surface area contributed by atoms with Gasteiger partial charge in [0, 0.05) is 6.07 Å². The molecule has 9 nitrogen and oxygen atoms in total. The molecule has 0 aromatic heterocycles. The van der Waals surface area contributed by atoms with E-state index in [1.54, 1.807) is 24.3 Å². The quantitative estimate of drug-likeness (QED) is 0.352. The number of hydrogen-bond donors (Lipinski definition) is 1. The summed E-state index contributed by atoms with van der Waals surface area (Å²) in [5.41, 5.74) is 0.956. The van der Waals surface area contributed by atoms with Crippen LogP contribution in [0.4, 0.5) is 17.1 Å². The highest BCUT2D eigenvalue weighted by molar-refractivity contribution is 6.33. The number of amides is 2. The van der Waals surface area contributed by atoms with Crippen molar-refractivity contribution in [2.24, 2.45) is 5.92 Å². The van der Waals surface area contributed by atoms with Crippen LogP contribution in [0.15, 0.2) is 72.8 Å². The smallest absolute Gasteiger partial charge is 0.289 e. The van der Waals surface area contributed by atoms with Crippen molar-refractivity contribution in [3.8, 4) is 5.75 Å². The van der Waals surface area contributed by atoms with Crippen LogP contribution in [-0.2, 0) is 14.4 Å². The summed E-state index contributed by atoms with van der Waals surface area (Å²) >= 11 is 5.89. The Hall–Kier alpha value is -3.95. The number of hydroxylamine groups is 1. The Morgan fingerprint density at radius 3 is 2.30 bits per heavy atom. The molecule has 3 aromatic rings. The lowest BCUT2D eigenvalue weighted by atomic mass is 9.90.